The lowest BCUT2D eigenvalue weighted by molar-refractivity contribution is 0.0520. The highest BCUT2D eigenvalue weighted by Crippen LogP contribution is 2.36. The Bertz CT molecular complexity index is 1540. The summed E-state index contributed by atoms with van der Waals surface area (Å²) in [6.45, 7) is 11.6. The van der Waals surface area contributed by atoms with E-state index in [4.69, 9.17) is 34.0 Å². The Kier molecular flexibility index (Phi) is 10.4. The zero-order valence-electron chi connectivity index (χ0n) is 26.2. The molecule has 0 atom stereocenters. The molecule has 4 aromatic rings. The molecule has 0 amide bonds. The fourth-order valence-corrected chi connectivity index (χ4v) is 5.25. The highest BCUT2D eigenvalue weighted by atomic mass is 16.5. The van der Waals surface area contributed by atoms with Crippen LogP contribution in [-0.2, 0) is 18.9 Å². The average Bonchev–Trinajstić information content (AvgIpc) is 3.45. The Morgan fingerprint density at radius 1 is 1.05 bits per heavy atom. The van der Waals surface area contributed by atoms with Gasteiger partial charge in [-0.2, -0.15) is 5.10 Å². The maximum atomic E-state index is 13.1. The average molecular weight is 604 g/mol. The normalized spacial score (nSPS) is 13.5. The van der Waals surface area contributed by atoms with E-state index in [1.165, 1.54) is 0 Å². The second-order valence-electron chi connectivity index (χ2n) is 10.8. The van der Waals surface area contributed by atoms with Crippen LogP contribution in [-0.4, -0.2) is 104 Å². The first-order valence-corrected chi connectivity index (χ1v) is 15.0. The van der Waals surface area contributed by atoms with Crippen molar-refractivity contribution in [3.8, 4) is 16.8 Å². The van der Waals surface area contributed by atoms with E-state index >= 15 is 0 Å². The molecule has 5 rings (SSSR count). The van der Waals surface area contributed by atoms with Gasteiger partial charge in [0.15, 0.2) is 11.3 Å². The van der Waals surface area contributed by atoms with Gasteiger partial charge in [-0.05, 0) is 42.7 Å². The summed E-state index contributed by atoms with van der Waals surface area (Å²) in [5, 5.41) is 5.93. The smallest absolute Gasteiger partial charge is 0.357 e. The molecule has 0 aromatic carbocycles. The second kappa shape index (κ2) is 14.6. The minimum atomic E-state index is -0.492. The number of carbonyl (C=O) groups excluding carboxylic acids is 1. The van der Waals surface area contributed by atoms with E-state index in [-0.39, 0.29) is 18.2 Å². The minimum Gasteiger partial charge on any atom is -0.461 e. The quantitative estimate of drug-likeness (QED) is 0.206. The number of hydrogen-bond donors (Lipinski definition) is 0. The third kappa shape index (κ3) is 6.82. The van der Waals surface area contributed by atoms with Gasteiger partial charge < -0.3 is 28.7 Å². The fraction of sp³-hybridized carbons (Fsp3) is 0.469. The maximum Gasteiger partial charge on any atom is 0.357 e. The topological polar surface area (TPSA) is 117 Å². The molecule has 0 radical (unpaired) electrons. The SMILES string of the molecule is CCOC(=O)c1cc(-c2ccc(N(CCOC)CCOC)nc2)c2c(C(C)C)nn(-c3ccnc(N4CCOCC4)c3)c2n1. The van der Waals surface area contributed by atoms with E-state index < -0.39 is 5.97 Å². The molecule has 12 heteroatoms. The molecule has 0 N–H and O–H groups in total. The minimum absolute atomic E-state index is 0.0825. The van der Waals surface area contributed by atoms with Crippen molar-refractivity contribution in [2.75, 3.05) is 83.2 Å². The van der Waals surface area contributed by atoms with Crippen LogP contribution in [0.25, 0.3) is 27.8 Å². The molecule has 5 heterocycles. The summed E-state index contributed by atoms with van der Waals surface area (Å²) >= 11 is 0. The van der Waals surface area contributed by atoms with Crippen molar-refractivity contribution in [3.63, 3.8) is 0 Å². The number of nitrogens with zero attached hydrogens (tertiary/aromatic N) is 7. The summed E-state index contributed by atoms with van der Waals surface area (Å²) in [6, 6.07) is 9.69. The molecular formula is C32H41N7O5. The maximum absolute atomic E-state index is 13.1. The number of anilines is 2. The molecule has 1 aliphatic rings. The number of carbonyl (C=O) groups is 1. The summed E-state index contributed by atoms with van der Waals surface area (Å²) in [6.07, 6.45) is 3.61. The van der Waals surface area contributed by atoms with Crippen molar-refractivity contribution in [1.29, 1.82) is 0 Å². The summed E-state index contributed by atoms with van der Waals surface area (Å²) in [4.78, 5) is 31.6. The number of aromatic nitrogens is 5. The monoisotopic (exact) mass is 603 g/mol. The van der Waals surface area contributed by atoms with Gasteiger partial charge in [0.25, 0.3) is 0 Å². The van der Waals surface area contributed by atoms with Gasteiger partial charge in [-0.3, -0.25) is 0 Å². The molecule has 0 saturated carbocycles. The van der Waals surface area contributed by atoms with E-state index in [9.17, 15) is 4.79 Å². The van der Waals surface area contributed by atoms with Gasteiger partial charge in [0.1, 0.15) is 11.6 Å². The first kappa shape index (κ1) is 31.3. The molecule has 1 saturated heterocycles. The summed E-state index contributed by atoms with van der Waals surface area (Å²) in [5.74, 6) is 1.24. The standard InChI is InChI=1S/C32H41N7O5/c1-6-44-32(40)26-20-25(23-7-8-27(34-21-23)37(11-15-41-4)12-16-42-5)29-30(22(2)3)36-39(31(29)35-26)24-9-10-33-28(19-24)38-13-17-43-18-14-38/h7-10,19-22H,6,11-18H2,1-5H3. The van der Waals surface area contributed by atoms with Gasteiger partial charge in [-0.15, -0.1) is 0 Å². The Morgan fingerprint density at radius 2 is 1.80 bits per heavy atom. The van der Waals surface area contributed by atoms with Gasteiger partial charge in [0.05, 0.1) is 49.8 Å². The van der Waals surface area contributed by atoms with E-state index in [1.807, 2.05) is 35.1 Å². The molecule has 44 heavy (non-hydrogen) atoms. The van der Waals surface area contributed by atoms with Gasteiger partial charge in [-0.25, -0.2) is 24.4 Å². The number of hydrogen-bond acceptors (Lipinski definition) is 11. The van der Waals surface area contributed by atoms with Crippen LogP contribution < -0.4 is 9.80 Å². The number of rotatable bonds is 13. The number of methoxy groups -OCH3 is 2. The molecular weight excluding hydrogens is 562 g/mol. The third-order valence-corrected chi connectivity index (χ3v) is 7.52. The van der Waals surface area contributed by atoms with Crippen LogP contribution in [0.2, 0.25) is 0 Å². The van der Waals surface area contributed by atoms with Gasteiger partial charge in [-0.1, -0.05) is 13.8 Å². The lowest BCUT2D eigenvalue weighted by atomic mass is 9.98. The van der Waals surface area contributed by atoms with Crippen LogP contribution in [0.1, 0.15) is 42.9 Å². The number of fused-ring (bicyclic) bond motifs is 1. The van der Waals surface area contributed by atoms with E-state index in [2.05, 4.69) is 28.6 Å². The van der Waals surface area contributed by atoms with Crippen molar-refractivity contribution in [1.82, 2.24) is 24.7 Å². The molecule has 0 unspecified atom stereocenters. The zero-order chi connectivity index (χ0) is 31.1. The fourth-order valence-electron chi connectivity index (χ4n) is 5.25. The van der Waals surface area contributed by atoms with Gasteiger partial charge >= 0.3 is 5.97 Å². The van der Waals surface area contributed by atoms with Crippen LogP contribution in [0, 0.1) is 0 Å². The summed E-state index contributed by atoms with van der Waals surface area (Å²) in [5.41, 5.74) is 4.11. The van der Waals surface area contributed by atoms with E-state index in [1.54, 1.807) is 33.4 Å². The van der Waals surface area contributed by atoms with Crippen LogP contribution in [0.15, 0.2) is 42.7 Å². The highest BCUT2D eigenvalue weighted by Gasteiger charge is 2.24. The van der Waals surface area contributed by atoms with Crippen LogP contribution in [0.5, 0.6) is 0 Å². The molecule has 4 aromatic heterocycles. The Balaban J connectivity index is 1.65. The second-order valence-corrected chi connectivity index (χ2v) is 10.8. The lowest BCUT2D eigenvalue weighted by Crippen LogP contribution is -2.36. The van der Waals surface area contributed by atoms with Crippen molar-refractivity contribution in [2.45, 2.75) is 26.7 Å². The Labute approximate surface area is 257 Å². The lowest BCUT2D eigenvalue weighted by Gasteiger charge is -2.27. The number of pyridine rings is 3. The van der Waals surface area contributed by atoms with E-state index in [0.717, 1.165) is 52.6 Å². The number of ether oxygens (including phenoxy) is 4. The first-order chi connectivity index (χ1) is 21.4. The summed E-state index contributed by atoms with van der Waals surface area (Å²) < 4.78 is 23.3. The summed E-state index contributed by atoms with van der Waals surface area (Å²) in [7, 11) is 3.37. The predicted molar refractivity (Wildman–Crippen MR) is 169 cm³/mol. The number of morpholine rings is 1. The largest absolute Gasteiger partial charge is 0.461 e. The third-order valence-electron chi connectivity index (χ3n) is 7.52. The van der Waals surface area contributed by atoms with Crippen molar-refractivity contribution < 1.29 is 23.7 Å². The molecule has 1 aliphatic heterocycles. The van der Waals surface area contributed by atoms with E-state index in [0.29, 0.717) is 45.2 Å². The molecule has 0 bridgehead atoms. The molecule has 12 nitrogen and oxygen atoms in total. The van der Waals surface area contributed by atoms with Gasteiger partial charge in [0, 0.05) is 64.4 Å². The van der Waals surface area contributed by atoms with Crippen LogP contribution >= 0.6 is 0 Å². The predicted octanol–water partition coefficient (Wildman–Crippen LogP) is 4.11. The van der Waals surface area contributed by atoms with Crippen LogP contribution in [0.4, 0.5) is 11.6 Å². The Morgan fingerprint density at radius 3 is 2.43 bits per heavy atom. The van der Waals surface area contributed by atoms with Crippen molar-refractivity contribution in [2.24, 2.45) is 0 Å². The molecule has 234 valence electrons. The zero-order valence-corrected chi connectivity index (χ0v) is 26.2. The van der Waals surface area contributed by atoms with Gasteiger partial charge in [0.2, 0.25) is 0 Å². The Hall–Kier alpha value is -4.13. The first-order valence-electron chi connectivity index (χ1n) is 15.0. The van der Waals surface area contributed by atoms with Crippen molar-refractivity contribution >= 4 is 28.6 Å². The molecule has 1 fully saturated rings. The highest BCUT2D eigenvalue weighted by molar-refractivity contribution is 6.00. The van der Waals surface area contributed by atoms with Crippen molar-refractivity contribution in [3.05, 3.63) is 54.1 Å². The molecule has 0 spiro atoms. The molecule has 0 aliphatic carbocycles. The number of esters is 1. The van der Waals surface area contributed by atoms with Crippen LogP contribution in [0.3, 0.4) is 0 Å².